The van der Waals surface area contributed by atoms with Gasteiger partial charge in [-0.15, -0.1) is 0 Å². The van der Waals surface area contributed by atoms with Crippen molar-refractivity contribution in [1.29, 1.82) is 0 Å². The molecular formula is C11H18O2. The Morgan fingerprint density at radius 3 is 2.85 bits per heavy atom. The highest BCUT2D eigenvalue weighted by atomic mass is 16.5. The van der Waals surface area contributed by atoms with Crippen LogP contribution in [-0.4, -0.2) is 17.8 Å². The van der Waals surface area contributed by atoms with Crippen molar-refractivity contribution >= 4 is 0 Å². The minimum atomic E-state index is -0.627. The summed E-state index contributed by atoms with van der Waals surface area (Å²) in [5.41, 5.74) is -0.627. The fourth-order valence-corrected chi connectivity index (χ4v) is 1.47. The van der Waals surface area contributed by atoms with Crippen LogP contribution in [0.3, 0.4) is 0 Å². The molecular weight excluding hydrogens is 164 g/mol. The molecule has 2 nitrogen and oxygen atoms in total. The van der Waals surface area contributed by atoms with Crippen molar-refractivity contribution in [1.82, 2.24) is 0 Å². The van der Waals surface area contributed by atoms with Crippen LogP contribution in [0, 0.1) is 0 Å². The summed E-state index contributed by atoms with van der Waals surface area (Å²) in [7, 11) is 1.65. The fourth-order valence-electron chi connectivity index (χ4n) is 1.47. The normalized spacial score (nSPS) is 27.2. The third-order valence-electron chi connectivity index (χ3n) is 2.41. The second-order valence-corrected chi connectivity index (χ2v) is 3.56. The molecule has 0 bridgehead atoms. The summed E-state index contributed by atoms with van der Waals surface area (Å²) in [4.78, 5) is 0. The minimum Gasteiger partial charge on any atom is -0.497 e. The highest BCUT2D eigenvalue weighted by Crippen LogP contribution is 2.26. The minimum absolute atomic E-state index is 0.627. The quantitative estimate of drug-likeness (QED) is 0.723. The molecule has 0 aromatic heterocycles. The van der Waals surface area contributed by atoms with Crippen LogP contribution in [0.1, 0.15) is 32.6 Å². The molecule has 1 N–H and O–H groups in total. The lowest BCUT2D eigenvalue weighted by Gasteiger charge is -2.25. The number of aliphatic hydroxyl groups is 1. The van der Waals surface area contributed by atoms with Crippen LogP contribution in [0.25, 0.3) is 0 Å². The molecule has 0 radical (unpaired) electrons. The number of hydrogen-bond acceptors (Lipinski definition) is 2. The van der Waals surface area contributed by atoms with Crippen LogP contribution in [0.5, 0.6) is 0 Å². The van der Waals surface area contributed by atoms with E-state index < -0.39 is 5.60 Å². The Hall–Kier alpha value is -0.760. The molecule has 0 heterocycles. The number of methoxy groups -OCH3 is 1. The molecule has 0 saturated carbocycles. The van der Waals surface area contributed by atoms with Gasteiger partial charge in [0.05, 0.1) is 12.7 Å². The van der Waals surface area contributed by atoms with Gasteiger partial charge in [-0.1, -0.05) is 19.8 Å². The molecule has 13 heavy (non-hydrogen) atoms. The van der Waals surface area contributed by atoms with Crippen LogP contribution < -0.4 is 0 Å². The SMILES string of the molecule is CCCCC1(O)C=CC(OC)=CC1. The molecule has 0 aromatic carbocycles. The first kappa shape index (κ1) is 10.3. The fraction of sp³-hybridized carbons (Fsp3) is 0.636. The van der Waals surface area contributed by atoms with Crippen LogP contribution in [0.4, 0.5) is 0 Å². The first-order chi connectivity index (χ1) is 6.20. The highest BCUT2D eigenvalue weighted by molar-refractivity contribution is 5.23. The third-order valence-corrected chi connectivity index (χ3v) is 2.41. The van der Waals surface area contributed by atoms with Gasteiger partial charge in [0.2, 0.25) is 0 Å². The monoisotopic (exact) mass is 182 g/mol. The zero-order valence-corrected chi connectivity index (χ0v) is 8.42. The zero-order valence-electron chi connectivity index (χ0n) is 8.42. The molecule has 0 saturated heterocycles. The lowest BCUT2D eigenvalue weighted by atomic mass is 9.89. The second-order valence-electron chi connectivity index (χ2n) is 3.56. The molecule has 0 aliphatic heterocycles. The molecule has 0 amide bonds. The summed E-state index contributed by atoms with van der Waals surface area (Å²) in [6.07, 6.45) is 9.34. The number of allylic oxidation sites excluding steroid dienone is 1. The molecule has 0 fully saturated rings. The average molecular weight is 182 g/mol. The lowest BCUT2D eigenvalue weighted by Crippen LogP contribution is -2.26. The van der Waals surface area contributed by atoms with Crippen molar-refractivity contribution < 1.29 is 9.84 Å². The van der Waals surface area contributed by atoms with Gasteiger partial charge in [0.1, 0.15) is 5.76 Å². The maximum Gasteiger partial charge on any atom is 0.114 e. The molecule has 1 aliphatic rings. The van der Waals surface area contributed by atoms with E-state index in [0.717, 1.165) is 25.0 Å². The molecule has 1 unspecified atom stereocenters. The van der Waals surface area contributed by atoms with E-state index in [0.29, 0.717) is 6.42 Å². The number of hydrogen-bond donors (Lipinski definition) is 1. The molecule has 74 valence electrons. The topological polar surface area (TPSA) is 29.5 Å². The van der Waals surface area contributed by atoms with Crippen molar-refractivity contribution in [2.24, 2.45) is 0 Å². The third kappa shape index (κ3) is 2.88. The van der Waals surface area contributed by atoms with E-state index in [-0.39, 0.29) is 0 Å². The van der Waals surface area contributed by atoms with Crippen molar-refractivity contribution in [3.8, 4) is 0 Å². The first-order valence-electron chi connectivity index (χ1n) is 4.86. The van der Waals surface area contributed by atoms with E-state index in [9.17, 15) is 5.11 Å². The van der Waals surface area contributed by atoms with Gasteiger partial charge in [0, 0.05) is 6.42 Å². The zero-order chi connectivity index (χ0) is 9.73. The summed E-state index contributed by atoms with van der Waals surface area (Å²) in [5.74, 6) is 0.848. The average Bonchev–Trinajstić information content (AvgIpc) is 2.16. The molecule has 2 heteroatoms. The van der Waals surface area contributed by atoms with Gasteiger partial charge >= 0.3 is 0 Å². The van der Waals surface area contributed by atoms with Crippen LogP contribution >= 0.6 is 0 Å². The van der Waals surface area contributed by atoms with Gasteiger partial charge < -0.3 is 9.84 Å². The number of rotatable bonds is 4. The van der Waals surface area contributed by atoms with Gasteiger partial charge in [-0.2, -0.15) is 0 Å². The Morgan fingerprint density at radius 2 is 2.38 bits per heavy atom. The molecule has 1 atom stereocenters. The van der Waals surface area contributed by atoms with Crippen LogP contribution in [0.15, 0.2) is 24.0 Å². The summed E-state index contributed by atoms with van der Waals surface area (Å²) >= 11 is 0. The molecule has 0 spiro atoms. The van der Waals surface area contributed by atoms with Crippen molar-refractivity contribution in [2.75, 3.05) is 7.11 Å². The maximum absolute atomic E-state index is 10.0. The smallest absolute Gasteiger partial charge is 0.114 e. The standard InChI is InChI=1S/C11H18O2/c1-3-4-7-11(12)8-5-10(13-2)6-9-11/h5-6,8,12H,3-4,7,9H2,1-2H3. The lowest BCUT2D eigenvalue weighted by molar-refractivity contribution is 0.0782. The summed E-state index contributed by atoms with van der Waals surface area (Å²) in [6, 6.07) is 0. The Balaban J connectivity index is 2.48. The van der Waals surface area contributed by atoms with E-state index in [4.69, 9.17) is 4.74 Å². The van der Waals surface area contributed by atoms with E-state index in [1.807, 2.05) is 18.2 Å². The van der Waals surface area contributed by atoms with Crippen molar-refractivity contribution in [3.05, 3.63) is 24.0 Å². The predicted octanol–water partition coefficient (Wildman–Crippen LogP) is 2.40. The van der Waals surface area contributed by atoms with Crippen LogP contribution in [-0.2, 0) is 4.74 Å². The number of ether oxygens (including phenoxy) is 1. The van der Waals surface area contributed by atoms with Gasteiger partial charge in [-0.25, -0.2) is 0 Å². The van der Waals surface area contributed by atoms with Crippen molar-refractivity contribution in [2.45, 2.75) is 38.2 Å². The van der Waals surface area contributed by atoms with E-state index in [1.54, 1.807) is 7.11 Å². The first-order valence-corrected chi connectivity index (χ1v) is 4.86. The van der Waals surface area contributed by atoms with Crippen LogP contribution in [0.2, 0.25) is 0 Å². The Labute approximate surface area is 79.9 Å². The Kier molecular flexibility index (Phi) is 3.55. The largest absolute Gasteiger partial charge is 0.497 e. The summed E-state index contributed by atoms with van der Waals surface area (Å²) in [6.45, 7) is 2.13. The molecule has 0 aromatic rings. The maximum atomic E-state index is 10.0. The number of unbranched alkanes of at least 4 members (excludes halogenated alkanes) is 1. The predicted molar refractivity (Wildman–Crippen MR) is 53.3 cm³/mol. The van der Waals surface area contributed by atoms with Gasteiger partial charge in [0.15, 0.2) is 0 Å². The van der Waals surface area contributed by atoms with E-state index in [2.05, 4.69) is 6.92 Å². The summed E-state index contributed by atoms with van der Waals surface area (Å²) < 4.78 is 5.05. The molecule has 1 rings (SSSR count). The molecule has 1 aliphatic carbocycles. The Bertz CT molecular complexity index is 218. The van der Waals surface area contributed by atoms with Gasteiger partial charge in [-0.05, 0) is 24.6 Å². The summed E-state index contributed by atoms with van der Waals surface area (Å²) in [5, 5.41) is 10.0. The Morgan fingerprint density at radius 1 is 1.62 bits per heavy atom. The van der Waals surface area contributed by atoms with Gasteiger partial charge in [-0.3, -0.25) is 0 Å². The highest BCUT2D eigenvalue weighted by Gasteiger charge is 2.24. The second kappa shape index (κ2) is 4.47. The van der Waals surface area contributed by atoms with E-state index >= 15 is 0 Å². The van der Waals surface area contributed by atoms with E-state index in [1.165, 1.54) is 0 Å². The van der Waals surface area contributed by atoms with Crippen molar-refractivity contribution in [3.63, 3.8) is 0 Å². The van der Waals surface area contributed by atoms with Gasteiger partial charge in [0.25, 0.3) is 0 Å².